The Morgan fingerprint density at radius 3 is 2.52 bits per heavy atom. The summed E-state index contributed by atoms with van der Waals surface area (Å²) in [5.41, 5.74) is 6.80. The van der Waals surface area contributed by atoms with E-state index in [2.05, 4.69) is 10.6 Å². The second-order valence-electron chi connectivity index (χ2n) is 6.12. The summed E-state index contributed by atoms with van der Waals surface area (Å²) < 4.78 is 10.6. The number of amides is 2. The van der Waals surface area contributed by atoms with Gasteiger partial charge in [0.25, 0.3) is 11.8 Å². The molecule has 2 amide bonds. The number of hydrogen-bond donors (Lipinski definition) is 3. The van der Waals surface area contributed by atoms with Crippen LogP contribution in [-0.2, 0) is 4.79 Å². The Morgan fingerprint density at radius 1 is 1.11 bits per heavy atom. The first-order chi connectivity index (χ1) is 13.0. The fraction of sp³-hybridized carbons (Fsp3) is 0.300. The summed E-state index contributed by atoms with van der Waals surface area (Å²) in [7, 11) is 1.56. The molecule has 0 aliphatic heterocycles. The Labute approximate surface area is 158 Å². The summed E-state index contributed by atoms with van der Waals surface area (Å²) in [4.78, 5) is 24.0. The molecule has 7 heteroatoms. The van der Waals surface area contributed by atoms with Crippen LogP contribution in [-0.4, -0.2) is 38.1 Å². The van der Waals surface area contributed by atoms with E-state index in [9.17, 15) is 9.59 Å². The third kappa shape index (κ3) is 6.99. The van der Waals surface area contributed by atoms with Gasteiger partial charge in [-0.15, -0.1) is 0 Å². The highest BCUT2D eigenvalue weighted by Gasteiger charge is 2.07. The summed E-state index contributed by atoms with van der Waals surface area (Å²) in [6.07, 6.45) is 0.718. The van der Waals surface area contributed by atoms with Gasteiger partial charge in [0.1, 0.15) is 11.5 Å². The van der Waals surface area contributed by atoms with Crippen molar-refractivity contribution in [3.63, 3.8) is 0 Å². The van der Waals surface area contributed by atoms with Crippen molar-refractivity contribution in [1.29, 1.82) is 0 Å². The third-order valence-corrected chi connectivity index (χ3v) is 3.73. The molecule has 0 saturated heterocycles. The van der Waals surface area contributed by atoms with Crippen molar-refractivity contribution in [3.05, 3.63) is 54.1 Å². The number of nitrogens with two attached hydrogens (primary N) is 1. The summed E-state index contributed by atoms with van der Waals surface area (Å²) >= 11 is 0. The SMILES string of the molecule is COc1cccc(NC(=O)COc2ccc(C(=O)NCCC(C)N)cc2)c1. The van der Waals surface area contributed by atoms with Crippen molar-refractivity contribution in [2.45, 2.75) is 19.4 Å². The third-order valence-electron chi connectivity index (χ3n) is 3.73. The largest absolute Gasteiger partial charge is 0.497 e. The predicted molar refractivity (Wildman–Crippen MR) is 104 cm³/mol. The van der Waals surface area contributed by atoms with Crippen molar-refractivity contribution in [2.75, 3.05) is 25.6 Å². The number of carbonyl (C=O) groups is 2. The van der Waals surface area contributed by atoms with Crippen LogP contribution >= 0.6 is 0 Å². The number of methoxy groups -OCH3 is 1. The maximum absolute atomic E-state index is 12.0. The molecule has 2 rings (SSSR count). The highest BCUT2D eigenvalue weighted by atomic mass is 16.5. The van der Waals surface area contributed by atoms with E-state index >= 15 is 0 Å². The summed E-state index contributed by atoms with van der Waals surface area (Å²) in [5, 5.41) is 5.53. The molecular formula is C20H25N3O4. The molecule has 0 bridgehead atoms. The highest BCUT2D eigenvalue weighted by molar-refractivity contribution is 5.94. The van der Waals surface area contributed by atoms with Crippen molar-refractivity contribution in [3.8, 4) is 11.5 Å². The van der Waals surface area contributed by atoms with Crippen molar-refractivity contribution < 1.29 is 19.1 Å². The van der Waals surface area contributed by atoms with Gasteiger partial charge >= 0.3 is 0 Å². The zero-order valence-corrected chi connectivity index (χ0v) is 15.5. The van der Waals surface area contributed by atoms with Gasteiger partial charge in [0.05, 0.1) is 7.11 Å². The van der Waals surface area contributed by atoms with E-state index in [1.54, 1.807) is 55.6 Å². The average Bonchev–Trinajstić information content (AvgIpc) is 2.66. The molecule has 0 fully saturated rings. The molecule has 0 heterocycles. The van der Waals surface area contributed by atoms with Crippen molar-refractivity contribution in [2.24, 2.45) is 5.73 Å². The second-order valence-corrected chi connectivity index (χ2v) is 6.12. The summed E-state index contributed by atoms with van der Waals surface area (Å²) in [5.74, 6) is 0.699. The van der Waals surface area contributed by atoms with Gasteiger partial charge in [0, 0.05) is 29.9 Å². The number of nitrogens with one attached hydrogen (secondary N) is 2. The quantitative estimate of drug-likeness (QED) is 0.627. The Morgan fingerprint density at radius 2 is 1.85 bits per heavy atom. The fourth-order valence-corrected chi connectivity index (χ4v) is 2.26. The highest BCUT2D eigenvalue weighted by Crippen LogP contribution is 2.17. The lowest BCUT2D eigenvalue weighted by Crippen LogP contribution is -2.28. The number of hydrogen-bond acceptors (Lipinski definition) is 5. The van der Waals surface area contributed by atoms with E-state index in [0.717, 1.165) is 6.42 Å². The monoisotopic (exact) mass is 371 g/mol. The molecule has 1 atom stereocenters. The Bertz CT molecular complexity index is 760. The van der Waals surface area contributed by atoms with Gasteiger partial charge in [-0.3, -0.25) is 9.59 Å². The first-order valence-corrected chi connectivity index (χ1v) is 8.68. The maximum atomic E-state index is 12.0. The Balaban J connectivity index is 1.80. The van der Waals surface area contributed by atoms with E-state index in [1.807, 2.05) is 6.92 Å². The summed E-state index contributed by atoms with van der Waals surface area (Å²) in [6.45, 7) is 2.28. The fourth-order valence-electron chi connectivity index (χ4n) is 2.26. The zero-order valence-electron chi connectivity index (χ0n) is 15.5. The number of benzene rings is 2. The second kappa shape index (κ2) is 10.2. The van der Waals surface area contributed by atoms with Crippen LogP contribution < -0.4 is 25.8 Å². The van der Waals surface area contributed by atoms with Gasteiger partial charge in [-0.25, -0.2) is 0 Å². The van der Waals surface area contributed by atoms with Crippen LogP contribution in [0, 0.1) is 0 Å². The van der Waals surface area contributed by atoms with Crippen LogP contribution in [0.1, 0.15) is 23.7 Å². The predicted octanol–water partition coefficient (Wildman–Crippen LogP) is 2.18. The summed E-state index contributed by atoms with van der Waals surface area (Å²) in [6, 6.07) is 13.7. The normalized spacial score (nSPS) is 11.4. The molecule has 0 aliphatic carbocycles. The van der Waals surface area contributed by atoms with Gasteiger partial charge in [0.15, 0.2) is 6.61 Å². The minimum atomic E-state index is -0.291. The van der Waals surface area contributed by atoms with Crippen molar-refractivity contribution in [1.82, 2.24) is 5.32 Å². The van der Waals surface area contributed by atoms with Crippen LogP contribution in [0.15, 0.2) is 48.5 Å². The molecule has 0 saturated carbocycles. The van der Waals surface area contributed by atoms with E-state index < -0.39 is 0 Å². The lowest BCUT2D eigenvalue weighted by molar-refractivity contribution is -0.118. The number of carbonyl (C=O) groups excluding carboxylic acids is 2. The van der Waals surface area contributed by atoms with Crippen LogP contribution in [0.2, 0.25) is 0 Å². The molecule has 0 aromatic heterocycles. The smallest absolute Gasteiger partial charge is 0.262 e. The average molecular weight is 371 g/mol. The first-order valence-electron chi connectivity index (χ1n) is 8.68. The standard InChI is InChI=1S/C20H25N3O4/c1-14(21)10-11-22-20(25)15-6-8-17(9-7-15)27-13-19(24)23-16-4-3-5-18(12-16)26-2/h3-9,12,14H,10-11,13,21H2,1-2H3,(H,22,25)(H,23,24). The number of anilines is 1. The van der Waals surface area contributed by atoms with Crippen LogP contribution in [0.25, 0.3) is 0 Å². The molecule has 1 unspecified atom stereocenters. The maximum Gasteiger partial charge on any atom is 0.262 e. The topological polar surface area (TPSA) is 103 Å². The van der Waals surface area contributed by atoms with E-state index in [4.69, 9.17) is 15.2 Å². The lowest BCUT2D eigenvalue weighted by Gasteiger charge is -2.10. The van der Waals surface area contributed by atoms with Gasteiger partial charge in [-0.1, -0.05) is 6.07 Å². The molecule has 2 aromatic rings. The van der Waals surface area contributed by atoms with E-state index in [-0.39, 0.29) is 24.5 Å². The molecule has 4 N–H and O–H groups in total. The lowest BCUT2D eigenvalue weighted by atomic mass is 10.2. The van der Waals surface area contributed by atoms with E-state index in [1.165, 1.54) is 0 Å². The molecule has 0 spiro atoms. The van der Waals surface area contributed by atoms with Crippen LogP contribution in [0.3, 0.4) is 0 Å². The molecule has 0 radical (unpaired) electrons. The Kier molecular flexibility index (Phi) is 7.63. The van der Waals surface area contributed by atoms with E-state index in [0.29, 0.717) is 29.3 Å². The van der Waals surface area contributed by atoms with Gasteiger partial charge in [-0.05, 0) is 49.7 Å². The van der Waals surface area contributed by atoms with Crippen LogP contribution in [0.5, 0.6) is 11.5 Å². The molecule has 2 aromatic carbocycles. The first kappa shape index (κ1) is 20.3. The number of rotatable bonds is 9. The van der Waals surface area contributed by atoms with Gasteiger partial charge in [0.2, 0.25) is 0 Å². The molecule has 0 aliphatic rings. The minimum absolute atomic E-state index is 0.0456. The van der Waals surface area contributed by atoms with Crippen molar-refractivity contribution >= 4 is 17.5 Å². The van der Waals surface area contributed by atoms with Gasteiger partial charge < -0.3 is 25.8 Å². The minimum Gasteiger partial charge on any atom is -0.497 e. The molecule has 144 valence electrons. The molecule has 27 heavy (non-hydrogen) atoms. The van der Waals surface area contributed by atoms with Crippen LogP contribution in [0.4, 0.5) is 5.69 Å². The number of ether oxygens (including phenoxy) is 2. The zero-order chi connectivity index (χ0) is 19.6. The van der Waals surface area contributed by atoms with Gasteiger partial charge in [-0.2, -0.15) is 0 Å². The molecular weight excluding hydrogens is 346 g/mol. The Hall–Kier alpha value is -3.06. The molecule has 7 nitrogen and oxygen atoms in total.